The van der Waals surface area contributed by atoms with Crippen molar-refractivity contribution in [3.8, 4) is 0 Å². The first-order chi connectivity index (χ1) is 72.9. The highest BCUT2D eigenvalue weighted by molar-refractivity contribution is 7.94. The van der Waals surface area contributed by atoms with E-state index in [0.29, 0.717) is 68.7 Å². The van der Waals surface area contributed by atoms with Gasteiger partial charge in [0.05, 0.1) is 49.6 Å². The molecule has 32 nitrogen and oxygen atoms in total. The van der Waals surface area contributed by atoms with Gasteiger partial charge in [-0.05, 0) is 252 Å². The summed E-state index contributed by atoms with van der Waals surface area (Å²) in [6.07, 6.45) is 0. The molecule has 8 N–H and O–H groups in total. The molecule has 0 aliphatic carbocycles. The Bertz CT molecular complexity index is 8360. The number of sulfonamides is 4. The Hall–Kier alpha value is -11.9. The van der Waals surface area contributed by atoms with Crippen molar-refractivity contribution in [3.63, 3.8) is 0 Å². The lowest BCUT2D eigenvalue weighted by molar-refractivity contribution is 0.100. The number of ketones is 4. The molecule has 0 saturated heterocycles. The lowest BCUT2D eigenvalue weighted by Gasteiger charge is -2.14. The number of nitrogens with zero attached hydrogens (tertiary/aromatic N) is 4. The normalized spacial score (nSPS) is 17.4. The lowest BCUT2D eigenvalue weighted by atomic mass is 10.0. The van der Waals surface area contributed by atoms with E-state index < -0.39 is 314 Å². The molecule has 0 spiro atoms. The fraction of sp³-hybridized carbons (Fsp3) is 0.250. The maximum atomic E-state index is 13.6. The van der Waals surface area contributed by atoms with Gasteiger partial charge in [0.2, 0.25) is 23.5 Å². The summed E-state index contributed by atoms with van der Waals surface area (Å²) in [7, 11) is -20.0. The molecule has 0 aliphatic rings. The molecular weight excluding hydrogens is 1710 g/mol. The minimum absolute atomic E-state index is 0.0814. The molecule has 0 aliphatic heterocycles. The molecule has 4 amide bonds. The van der Waals surface area contributed by atoms with Gasteiger partial charge in [0.25, 0.3) is 63.7 Å². The molecule has 12 aromatic rings. The zero-order valence-corrected chi connectivity index (χ0v) is 69.3. The van der Waals surface area contributed by atoms with Crippen LogP contribution in [0.15, 0.2) is 132 Å². The van der Waals surface area contributed by atoms with Gasteiger partial charge in [0.1, 0.15) is 39.1 Å². The molecule has 8 heterocycles. The van der Waals surface area contributed by atoms with E-state index in [4.69, 9.17) is 70.1 Å². The summed E-state index contributed by atoms with van der Waals surface area (Å²) in [6.45, 7) is -17.7. The number of aromatic nitrogens is 4. The summed E-state index contributed by atoms with van der Waals surface area (Å²) in [5, 5.41) is 18.2. The second kappa shape index (κ2) is 37.2. The zero-order chi connectivity index (χ0) is 123. The van der Waals surface area contributed by atoms with Crippen molar-refractivity contribution in [2.45, 2.75) is 157 Å². The number of carbonyl (C=O) groups excluding carboxylic acids is 8. The maximum Gasteiger partial charge on any atom is 0.267 e. The number of thiophene rings is 4. The van der Waals surface area contributed by atoms with Crippen LogP contribution in [0.25, 0.3) is 0 Å². The van der Waals surface area contributed by atoms with Crippen molar-refractivity contribution < 1.29 is 147 Å². The van der Waals surface area contributed by atoms with Gasteiger partial charge in [0, 0.05) is 85.6 Å². The molecule has 4 aromatic carbocycles. The Kier molecular flexibility index (Phi) is 15.6. The molecular formula is C80H84N12O20S8. The van der Waals surface area contributed by atoms with Crippen molar-refractivity contribution >= 4 is 178 Å². The minimum atomic E-state index is -5.40. The van der Waals surface area contributed by atoms with E-state index in [0.717, 1.165) is 29.6 Å². The standard InChI is InChI=1S/4C20H21N3O5S2/c4*1-10-8-11(2)17(15(9-10)14(5)24)21-19(25)18-16(6-7-29-18)30(26,27)23-20-12(3)13(4)22-28-20/h4*6-9,23H,1-5H3,(H,21,25)/i1D3,2D3,3D3,4D3,5D3;4D3,5D3,9D;3D3,5D3,9D;5D3,9D/hD8. The number of aryl methyl sites for hydroxylation is 12. The summed E-state index contributed by atoms with van der Waals surface area (Å²) in [4.78, 5) is 99.0. The van der Waals surface area contributed by atoms with Crippen molar-refractivity contribution in [1.82, 2.24) is 20.6 Å². The van der Waals surface area contributed by atoms with Gasteiger partial charge < -0.3 is 39.3 Å². The number of benzene rings is 4. The lowest BCUT2D eigenvalue weighted by Crippen LogP contribution is -2.20. The molecule has 0 bridgehead atoms. The van der Waals surface area contributed by atoms with Gasteiger partial charge in [0.15, 0.2) is 34.4 Å². The average Bonchev–Trinajstić information content (AvgIpc) is 1.61. The fourth-order valence-corrected chi connectivity index (χ4v) is 19.0. The number of hydrogen-bond donors (Lipinski definition) is 8. The maximum absolute atomic E-state index is 13.6. The van der Waals surface area contributed by atoms with E-state index in [1.54, 1.807) is 6.92 Å². The number of amides is 4. The number of carbonyl (C=O) groups is 8. The molecule has 0 fully saturated rings. The summed E-state index contributed by atoms with van der Waals surface area (Å²) in [5.74, 6) is -15.1. The van der Waals surface area contributed by atoms with E-state index in [1.165, 1.54) is 96.7 Å². The summed E-state index contributed by atoms with van der Waals surface area (Å²) >= 11 is 2.13. The highest BCUT2D eigenvalue weighted by atomic mass is 32.2. The summed E-state index contributed by atoms with van der Waals surface area (Å²) < 4.78 is 443. The predicted molar refractivity (Wildman–Crippen MR) is 460 cm³/mol. The van der Waals surface area contributed by atoms with Crippen LogP contribution in [0.1, 0.15) is 242 Å². The first-order valence-corrected chi connectivity index (χ1v) is 42.1. The molecule has 0 radical (unpaired) electrons. The predicted octanol–water partition coefficient (Wildman–Crippen LogP) is 16.9. The number of hydrogen-bond acceptors (Lipinski definition) is 28. The van der Waals surface area contributed by atoms with Gasteiger partial charge in [-0.3, -0.25) is 38.4 Å². The van der Waals surface area contributed by atoms with E-state index in [2.05, 4.69) is 25.1 Å². The van der Waals surface area contributed by atoms with Crippen LogP contribution in [0.4, 0.5) is 46.3 Å². The molecule has 8 aromatic heterocycles. The molecule has 120 heavy (non-hydrogen) atoms. The Morgan fingerprint density at radius 3 is 0.883 bits per heavy atom. The van der Waals surface area contributed by atoms with E-state index >= 15 is 0 Å². The van der Waals surface area contributed by atoms with E-state index in [9.17, 15) is 72.0 Å². The monoisotopic (exact) mass is 1830 g/mol. The van der Waals surface area contributed by atoms with Crippen molar-refractivity contribution in [1.29, 1.82) is 0 Å². The van der Waals surface area contributed by atoms with Crippen molar-refractivity contribution in [3.05, 3.63) is 226 Å². The minimum Gasteiger partial charge on any atom is -0.337 e. The average molecular weight is 1830 g/mol. The topological polar surface area (TPSA) is 473 Å². The van der Waals surface area contributed by atoms with Crippen molar-refractivity contribution in [2.75, 3.05) is 40.1 Å². The highest BCUT2D eigenvalue weighted by Gasteiger charge is 2.33. The molecule has 40 heteroatoms. The smallest absolute Gasteiger partial charge is 0.267 e. The Balaban J connectivity index is 0.000000238. The summed E-state index contributed by atoms with van der Waals surface area (Å²) in [5.41, 5.74) is -10.2. The zero-order valence-electron chi connectivity index (χ0n) is 104. The first-order valence-electron chi connectivity index (χ1n) is 52.8. The third-order valence-electron chi connectivity index (χ3n) is 15.8. The van der Waals surface area contributed by atoms with Crippen LogP contribution >= 0.6 is 45.3 Å². The van der Waals surface area contributed by atoms with Crippen LogP contribution in [-0.4, -0.2) is 101 Å². The fourth-order valence-electron chi connectivity index (χ4n) is 10.0. The van der Waals surface area contributed by atoms with Crippen LogP contribution in [-0.2, 0) is 40.1 Å². The van der Waals surface area contributed by atoms with E-state index in [1.807, 2.05) is 0 Å². The molecule has 12 rings (SSSR count). The molecule has 632 valence electrons. The van der Waals surface area contributed by atoms with Crippen LogP contribution in [0.3, 0.4) is 0 Å². The number of anilines is 8. The number of rotatable bonds is 24. The quantitative estimate of drug-likeness (QED) is 0.0260. The molecule has 0 saturated carbocycles. The Morgan fingerprint density at radius 2 is 0.600 bits per heavy atom. The van der Waals surface area contributed by atoms with Gasteiger partial charge in [-0.25, -0.2) is 52.5 Å². The van der Waals surface area contributed by atoms with Gasteiger partial charge in [-0.1, -0.05) is 44.9 Å². The second-order valence-corrected chi connectivity index (χ2v) is 34.5. The SMILES string of the molecule is [2H]N(C(=O)c1sccc1S(=O)(=O)N([2H])c1onc(C([2H])([2H])[2H])c1C([2H])([2H])[2H])c1c(C(=O)C([2H])([2H])[2H])cc(C([2H])([2H])[2H])cc1C([2H])([2H])[2H].[2H]c1c(C)cc(C)c(N([2H])C(=O)c2sccc2S(=O)(=O)N([2H])c2onc(C([2H])([2H])[2H])c2C)c1C(=O)C([2H])([2H])[2H].[2H]c1c(C)cc(C)c(N([2H])C(=O)c2sccc2S(=O)(=O)N([2H])c2onc(C)c2C([2H])([2H])[2H])c1C(=O)C([2H])([2H])[2H].[2H]c1c(C)cc(C)c(N([2H])C(=O)c2sccc2S(=O)(=O)N([2H])c2onc(C)c2C)c1C(=O)C([2H])([2H])[2H]. The Morgan fingerprint density at radius 1 is 0.333 bits per heavy atom. The largest absolute Gasteiger partial charge is 0.337 e. The first kappa shape index (κ1) is 50.2. The van der Waals surface area contributed by atoms with Crippen molar-refractivity contribution in [2.24, 2.45) is 0 Å². The Labute approximate surface area is 766 Å². The summed E-state index contributed by atoms with van der Waals surface area (Å²) in [6, 6.07) is 7.37. The van der Waals surface area contributed by atoms with Crippen LogP contribution in [0, 0.1) is 110 Å². The van der Waals surface area contributed by atoms with Crippen LogP contribution < -0.4 is 40.1 Å². The van der Waals surface area contributed by atoms with Gasteiger partial charge >= 0.3 is 0 Å². The van der Waals surface area contributed by atoms with E-state index in [-0.39, 0.29) is 85.9 Å². The number of nitrogens with one attached hydrogen (secondary N) is 8. The third-order valence-corrected chi connectivity index (χ3v) is 25.1. The van der Waals surface area contributed by atoms with Crippen LogP contribution in [0.2, 0.25) is 11.3 Å². The molecule has 0 unspecified atom stereocenters. The highest BCUT2D eigenvalue weighted by Crippen LogP contribution is 2.36. The van der Waals surface area contributed by atoms with Gasteiger partial charge in [-0.15, -0.1) is 45.3 Å². The van der Waals surface area contributed by atoms with Crippen LogP contribution in [0.5, 0.6) is 0 Å². The second-order valence-electron chi connectivity index (χ2n) is 24.5. The molecule has 0 atom stereocenters. The third kappa shape index (κ3) is 21.0. The number of Topliss-reactive ketones (excluding diaryl/α,β-unsaturated/α-hetero) is 4. The van der Waals surface area contributed by atoms with Gasteiger partial charge in [-0.2, -0.15) is 0 Å².